The monoisotopic (exact) mass is 1330 g/mol. The third kappa shape index (κ3) is 8.39. The molecule has 0 spiro atoms. The van der Waals surface area contributed by atoms with Crippen LogP contribution < -0.4 is 0 Å². The second kappa shape index (κ2) is 21.7. The third-order valence-electron chi connectivity index (χ3n) is 23.4. The molecule has 6 nitrogen and oxygen atoms in total. The fourth-order valence-electron chi connectivity index (χ4n) is 18.4. The Morgan fingerprint density at radius 1 is 0.212 bits per heavy atom. The van der Waals surface area contributed by atoms with Crippen molar-refractivity contribution in [2.24, 2.45) is 0 Å². The lowest BCUT2D eigenvalue weighted by molar-refractivity contribution is 0.660. The molecule has 15 aromatic carbocycles. The van der Waals surface area contributed by atoms with Crippen LogP contribution >= 0.6 is 0 Å². The van der Waals surface area contributed by atoms with E-state index < -0.39 is 0 Å². The van der Waals surface area contributed by atoms with Gasteiger partial charge in [-0.25, -0.2) is 9.97 Å². The van der Waals surface area contributed by atoms with Gasteiger partial charge < -0.3 is 18.3 Å². The van der Waals surface area contributed by atoms with Crippen LogP contribution in [0.15, 0.2) is 328 Å². The first-order valence-corrected chi connectivity index (χ1v) is 36.2. The van der Waals surface area contributed by atoms with Gasteiger partial charge in [-0.1, -0.05) is 228 Å². The van der Waals surface area contributed by atoms with Crippen molar-refractivity contribution in [3.8, 4) is 89.9 Å². The topological polar surface area (TPSA) is 45.5 Å². The summed E-state index contributed by atoms with van der Waals surface area (Å²) >= 11 is 0. The molecule has 0 fully saturated rings. The number of para-hydroxylation sites is 5. The van der Waals surface area contributed by atoms with E-state index in [1.807, 2.05) is 0 Å². The minimum atomic E-state index is -0.0980. The molecule has 2 aliphatic rings. The van der Waals surface area contributed by atoms with Crippen molar-refractivity contribution in [3.05, 3.63) is 350 Å². The molecule has 0 saturated carbocycles. The molecule has 5 aromatic heterocycles. The van der Waals surface area contributed by atoms with Crippen LogP contribution in [0.25, 0.3) is 188 Å². The predicted octanol–water partition coefficient (Wildman–Crippen LogP) is 25.3. The first-order chi connectivity index (χ1) is 51.1. The highest BCUT2D eigenvalue weighted by Gasteiger charge is 2.37. The molecule has 2 aliphatic carbocycles. The first kappa shape index (κ1) is 58.6. The van der Waals surface area contributed by atoms with Crippen molar-refractivity contribution < 1.29 is 0 Å². The summed E-state index contributed by atoms with van der Waals surface area (Å²) in [5, 5.41) is 10.7. The van der Waals surface area contributed by atoms with E-state index in [9.17, 15) is 0 Å². The number of hydrogen-bond donors (Lipinski definition) is 0. The zero-order valence-electron chi connectivity index (χ0n) is 57.9. The van der Waals surface area contributed by atoms with E-state index in [0.29, 0.717) is 5.82 Å². The van der Waals surface area contributed by atoms with Crippen LogP contribution in [0, 0.1) is 0 Å². The Morgan fingerprint density at radius 2 is 0.538 bits per heavy atom. The van der Waals surface area contributed by atoms with E-state index in [0.717, 1.165) is 61.2 Å². The molecule has 104 heavy (non-hydrogen) atoms. The third-order valence-corrected chi connectivity index (χ3v) is 23.4. The number of nitrogens with zero attached hydrogens (tertiary/aromatic N) is 6. The van der Waals surface area contributed by atoms with Crippen LogP contribution in [0.5, 0.6) is 0 Å². The van der Waals surface area contributed by atoms with E-state index in [1.165, 1.54) is 143 Å². The van der Waals surface area contributed by atoms with Crippen molar-refractivity contribution in [2.45, 2.75) is 38.5 Å². The average Bonchev–Trinajstić information content (AvgIpc) is 1.57. The molecule has 0 unspecified atom stereocenters. The normalized spacial score (nSPS) is 13.5. The summed E-state index contributed by atoms with van der Waals surface area (Å²) in [7, 11) is 0. The molecular weight excluding hydrogens is 1260 g/mol. The molecule has 0 atom stereocenters. The van der Waals surface area contributed by atoms with Crippen molar-refractivity contribution in [2.75, 3.05) is 0 Å². The first-order valence-electron chi connectivity index (χ1n) is 36.2. The van der Waals surface area contributed by atoms with Crippen LogP contribution in [0.2, 0.25) is 0 Å². The molecule has 20 aromatic rings. The summed E-state index contributed by atoms with van der Waals surface area (Å²) in [5.41, 5.74) is 32.9. The van der Waals surface area contributed by atoms with Gasteiger partial charge in [0.1, 0.15) is 0 Å². The van der Waals surface area contributed by atoms with E-state index in [2.05, 4.69) is 374 Å². The van der Waals surface area contributed by atoms with Gasteiger partial charge in [0.2, 0.25) is 0 Å². The molecule has 0 bridgehead atoms. The lowest BCUT2D eigenvalue weighted by Crippen LogP contribution is -2.15. The standard InChI is InChI=1S/C98H66N6/c1-97(2)82-32-12-5-25-69(82)71-45-43-67(57-84(71)97)103-89-37-17-10-29-75(89)80-55-61(41-49-93(80)103)59-39-47-91-78(53-59)73-27-8-15-35-87(73)101(91)65-23-19-21-63(51-65)95-77-31-7-14-34-86(77)99-96(100-95)64-22-20-24-66(52-64)102-88-36-16-9-28-74(88)79-54-60(40-48-92(79)102)62-42-50-94-81(56-62)76-30-11-18-38-90(76)104(94)68-44-46-72-70-26-6-13-33-83(70)98(3,4)85(72)58-68/h5-58H,1-4H3. The predicted molar refractivity (Wildman–Crippen MR) is 434 cm³/mol. The summed E-state index contributed by atoms with van der Waals surface area (Å²) in [5.74, 6) is 0.669. The highest BCUT2D eigenvalue weighted by molar-refractivity contribution is 6.15. The summed E-state index contributed by atoms with van der Waals surface area (Å²) in [6, 6.07) is 121. The number of rotatable bonds is 8. The maximum atomic E-state index is 5.57. The van der Waals surface area contributed by atoms with Gasteiger partial charge in [-0.2, -0.15) is 0 Å². The van der Waals surface area contributed by atoms with Crippen molar-refractivity contribution >= 4 is 98.1 Å². The minimum absolute atomic E-state index is 0.0979. The maximum absolute atomic E-state index is 5.57. The van der Waals surface area contributed by atoms with Gasteiger partial charge in [-0.05, 0) is 194 Å². The van der Waals surface area contributed by atoms with Crippen molar-refractivity contribution in [3.63, 3.8) is 0 Å². The Kier molecular flexibility index (Phi) is 12.2. The molecule has 0 amide bonds. The Balaban J connectivity index is 0.605. The summed E-state index contributed by atoms with van der Waals surface area (Å²) < 4.78 is 9.74. The number of benzene rings is 15. The zero-order valence-corrected chi connectivity index (χ0v) is 57.9. The second-order valence-electron chi connectivity index (χ2n) is 29.7. The molecule has 6 heteroatoms. The van der Waals surface area contributed by atoms with Crippen LogP contribution in [-0.2, 0) is 10.8 Å². The molecule has 0 radical (unpaired) electrons. The van der Waals surface area contributed by atoms with E-state index in [1.54, 1.807) is 0 Å². The smallest absolute Gasteiger partial charge is 0.160 e. The lowest BCUT2D eigenvalue weighted by Gasteiger charge is -2.22. The molecule has 0 saturated heterocycles. The van der Waals surface area contributed by atoms with Gasteiger partial charge in [0, 0.05) is 93.2 Å². The van der Waals surface area contributed by atoms with Gasteiger partial charge in [0.15, 0.2) is 5.82 Å². The fraction of sp³-hybridized carbons (Fsp3) is 0.0612. The van der Waals surface area contributed by atoms with E-state index in [4.69, 9.17) is 9.97 Å². The van der Waals surface area contributed by atoms with Crippen molar-refractivity contribution in [1.82, 2.24) is 28.2 Å². The van der Waals surface area contributed by atoms with Crippen LogP contribution in [0.1, 0.15) is 49.9 Å². The zero-order chi connectivity index (χ0) is 68.8. The molecule has 0 N–H and O–H groups in total. The van der Waals surface area contributed by atoms with Gasteiger partial charge in [0.05, 0.1) is 55.3 Å². The van der Waals surface area contributed by atoms with Crippen molar-refractivity contribution in [1.29, 1.82) is 0 Å². The Hall–Kier alpha value is -13.2. The quantitative estimate of drug-likeness (QED) is 0.152. The number of aromatic nitrogens is 6. The number of hydrogen-bond acceptors (Lipinski definition) is 2. The highest BCUT2D eigenvalue weighted by atomic mass is 15.0. The minimum Gasteiger partial charge on any atom is -0.309 e. The molecule has 22 rings (SSSR count). The highest BCUT2D eigenvalue weighted by Crippen LogP contribution is 2.52. The summed E-state index contributed by atoms with van der Waals surface area (Å²) in [6.07, 6.45) is 0. The molecule has 0 aliphatic heterocycles. The average molecular weight is 1330 g/mol. The summed E-state index contributed by atoms with van der Waals surface area (Å²) in [6.45, 7) is 9.44. The Morgan fingerprint density at radius 3 is 0.962 bits per heavy atom. The van der Waals surface area contributed by atoms with Gasteiger partial charge in [-0.15, -0.1) is 0 Å². The Labute approximate surface area is 600 Å². The van der Waals surface area contributed by atoms with Gasteiger partial charge >= 0.3 is 0 Å². The largest absolute Gasteiger partial charge is 0.309 e. The van der Waals surface area contributed by atoms with Crippen LogP contribution in [0.4, 0.5) is 0 Å². The molecular formula is C98H66N6. The summed E-state index contributed by atoms with van der Waals surface area (Å²) in [4.78, 5) is 10.9. The fourth-order valence-corrected chi connectivity index (χ4v) is 18.4. The van der Waals surface area contributed by atoms with E-state index >= 15 is 0 Å². The second-order valence-corrected chi connectivity index (χ2v) is 29.7. The molecule has 488 valence electrons. The lowest BCUT2D eigenvalue weighted by atomic mass is 9.82. The Bertz CT molecular complexity index is 7120. The number of fused-ring (bicyclic) bond motifs is 19. The van der Waals surface area contributed by atoms with Crippen LogP contribution in [0.3, 0.4) is 0 Å². The van der Waals surface area contributed by atoms with Crippen LogP contribution in [-0.4, -0.2) is 28.2 Å². The van der Waals surface area contributed by atoms with Gasteiger partial charge in [0.25, 0.3) is 0 Å². The van der Waals surface area contributed by atoms with E-state index in [-0.39, 0.29) is 10.8 Å². The maximum Gasteiger partial charge on any atom is 0.160 e. The molecule has 5 heterocycles. The SMILES string of the molecule is CC1(C)c2ccccc2-c2ccc(-n3c4ccccc4c4cc(-c5ccc6c(c5)c5ccccc5n6-c5cccc(-c6nc(-c7cccc(-n8c9ccccc9c9cc(-c%10ccc%11c(c%10)c%10ccccc%10n%11-c%10ccc%11c(c%10)C(C)(C)c%10ccccc%10-%11)ccc98)c7)c7ccccc7n6)c5)ccc43)cc21. The van der Waals surface area contributed by atoms with Gasteiger partial charge in [-0.3, -0.25) is 0 Å².